The molecule has 1 atom stereocenters. The van der Waals surface area contributed by atoms with E-state index in [1.54, 1.807) is 13.8 Å². The third kappa shape index (κ3) is 1.27. The van der Waals surface area contributed by atoms with Gasteiger partial charge in [0.1, 0.15) is 11.8 Å². The second-order valence-electron chi connectivity index (χ2n) is 2.77. The molecular weight excluding hydrogens is 150 g/mol. The van der Waals surface area contributed by atoms with E-state index in [2.05, 4.69) is 17.9 Å². The highest BCUT2D eigenvalue weighted by Crippen LogP contribution is 2.18. The van der Waals surface area contributed by atoms with Gasteiger partial charge in [0.05, 0.1) is 0 Å². The molecule has 0 bridgehead atoms. The average molecular weight is 161 g/mol. The normalized spacial score (nSPS) is 30.3. The van der Waals surface area contributed by atoms with Gasteiger partial charge in [-0.15, -0.1) is 0 Å². The summed E-state index contributed by atoms with van der Waals surface area (Å²) in [6.45, 7) is 3.48. The van der Waals surface area contributed by atoms with Gasteiger partial charge in [-0.1, -0.05) is 0 Å². The van der Waals surface area contributed by atoms with Crippen LogP contribution in [0.15, 0.2) is 0 Å². The molecule has 3 nitrogen and oxygen atoms in total. The van der Waals surface area contributed by atoms with E-state index < -0.39 is 5.60 Å². The van der Waals surface area contributed by atoms with Gasteiger partial charge in [0.25, 0.3) is 5.91 Å². The molecule has 58 valence electrons. The molecule has 1 aliphatic heterocycles. The van der Waals surface area contributed by atoms with E-state index >= 15 is 0 Å². The molecule has 0 aromatic carbocycles. The van der Waals surface area contributed by atoms with Gasteiger partial charge in [-0.2, -0.15) is 12.6 Å². The molecule has 1 rings (SSSR count). The first-order chi connectivity index (χ1) is 4.56. The van der Waals surface area contributed by atoms with Crippen molar-refractivity contribution in [2.24, 2.45) is 0 Å². The summed E-state index contributed by atoms with van der Waals surface area (Å²) >= 11 is 3.99. The standard InChI is InChI=1S/C6H11NO2S/c1-6(2)5(8)7-4(3-10)9-6/h4,10H,3H2,1-2H3,(H,7,8). The smallest absolute Gasteiger partial charge is 0.253 e. The van der Waals surface area contributed by atoms with E-state index in [-0.39, 0.29) is 12.1 Å². The number of amides is 1. The van der Waals surface area contributed by atoms with Crippen molar-refractivity contribution in [3.8, 4) is 0 Å². The average Bonchev–Trinajstić information content (AvgIpc) is 2.08. The minimum absolute atomic E-state index is 0.0634. The summed E-state index contributed by atoms with van der Waals surface area (Å²) in [5.41, 5.74) is -0.673. The van der Waals surface area contributed by atoms with Crippen molar-refractivity contribution in [3.63, 3.8) is 0 Å². The van der Waals surface area contributed by atoms with Crippen molar-refractivity contribution < 1.29 is 9.53 Å². The fraction of sp³-hybridized carbons (Fsp3) is 0.833. The van der Waals surface area contributed by atoms with Crippen LogP contribution in [0.4, 0.5) is 0 Å². The molecule has 0 aromatic rings. The Balaban J connectivity index is 2.62. The molecule has 0 aromatic heterocycles. The van der Waals surface area contributed by atoms with Crippen LogP contribution in [0.2, 0.25) is 0 Å². The van der Waals surface area contributed by atoms with E-state index in [0.29, 0.717) is 5.75 Å². The number of carbonyl (C=O) groups excluding carboxylic acids is 1. The molecule has 10 heavy (non-hydrogen) atoms. The summed E-state index contributed by atoms with van der Waals surface area (Å²) in [6, 6.07) is 0. The van der Waals surface area contributed by atoms with Crippen LogP contribution in [0, 0.1) is 0 Å². The maximum atomic E-state index is 11.0. The van der Waals surface area contributed by atoms with Gasteiger partial charge in [0, 0.05) is 5.75 Å². The van der Waals surface area contributed by atoms with E-state index in [9.17, 15) is 4.79 Å². The van der Waals surface area contributed by atoms with Crippen LogP contribution in [0.5, 0.6) is 0 Å². The molecule has 1 unspecified atom stereocenters. The Kier molecular flexibility index (Phi) is 1.92. The van der Waals surface area contributed by atoms with Crippen LogP contribution in [-0.4, -0.2) is 23.5 Å². The van der Waals surface area contributed by atoms with Crippen LogP contribution < -0.4 is 5.32 Å². The molecule has 1 N–H and O–H groups in total. The fourth-order valence-electron chi connectivity index (χ4n) is 0.842. The zero-order valence-electron chi connectivity index (χ0n) is 6.05. The molecule has 0 saturated carbocycles. The van der Waals surface area contributed by atoms with Gasteiger partial charge in [-0.3, -0.25) is 4.79 Å². The second kappa shape index (κ2) is 2.43. The molecule has 1 amide bonds. The minimum Gasteiger partial charge on any atom is -0.342 e. The van der Waals surface area contributed by atoms with Crippen LogP contribution in [0.3, 0.4) is 0 Å². The maximum Gasteiger partial charge on any atom is 0.253 e. The number of hydrogen-bond donors (Lipinski definition) is 2. The molecule has 1 saturated heterocycles. The van der Waals surface area contributed by atoms with E-state index in [4.69, 9.17) is 4.74 Å². The Morgan fingerprint density at radius 1 is 1.80 bits per heavy atom. The van der Waals surface area contributed by atoms with Crippen molar-refractivity contribution in [1.29, 1.82) is 0 Å². The predicted molar refractivity (Wildman–Crippen MR) is 40.9 cm³/mol. The van der Waals surface area contributed by atoms with Gasteiger partial charge in [0.2, 0.25) is 0 Å². The maximum absolute atomic E-state index is 11.0. The molecule has 4 heteroatoms. The molecular formula is C6H11NO2S. The number of nitrogens with one attached hydrogen (secondary N) is 1. The zero-order chi connectivity index (χ0) is 7.78. The van der Waals surface area contributed by atoms with Crippen molar-refractivity contribution in [3.05, 3.63) is 0 Å². The molecule has 0 aliphatic carbocycles. The van der Waals surface area contributed by atoms with E-state index in [0.717, 1.165) is 0 Å². The molecule has 1 fully saturated rings. The van der Waals surface area contributed by atoms with Crippen LogP contribution >= 0.6 is 12.6 Å². The van der Waals surface area contributed by atoms with Gasteiger partial charge < -0.3 is 10.1 Å². The highest BCUT2D eigenvalue weighted by atomic mass is 32.1. The lowest BCUT2D eigenvalue weighted by Crippen LogP contribution is -2.32. The monoisotopic (exact) mass is 161 g/mol. The third-order valence-electron chi connectivity index (χ3n) is 1.44. The lowest BCUT2D eigenvalue weighted by atomic mass is 10.1. The molecule has 0 radical (unpaired) electrons. The largest absolute Gasteiger partial charge is 0.342 e. The van der Waals surface area contributed by atoms with Gasteiger partial charge >= 0.3 is 0 Å². The molecule has 1 aliphatic rings. The second-order valence-corrected chi connectivity index (χ2v) is 3.14. The van der Waals surface area contributed by atoms with Gasteiger partial charge in [-0.25, -0.2) is 0 Å². The number of carbonyl (C=O) groups is 1. The SMILES string of the molecule is CC1(C)OC(CS)NC1=O. The third-order valence-corrected chi connectivity index (χ3v) is 1.77. The lowest BCUT2D eigenvalue weighted by molar-refractivity contribution is -0.130. The van der Waals surface area contributed by atoms with Crippen LogP contribution in [-0.2, 0) is 9.53 Å². The van der Waals surface area contributed by atoms with Crippen molar-refractivity contribution in [1.82, 2.24) is 5.32 Å². The Hall–Kier alpha value is -0.220. The Labute approximate surface area is 65.5 Å². The van der Waals surface area contributed by atoms with E-state index in [1.165, 1.54) is 0 Å². The number of hydrogen-bond acceptors (Lipinski definition) is 3. The minimum atomic E-state index is -0.673. The molecule has 1 heterocycles. The summed E-state index contributed by atoms with van der Waals surface area (Å²) < 4.78 is 5.27. The van der Waals surface area contributed by atoms with Gasteiger partial charge in [0.15, 0.2) is 0 Å². The van der Waals surface area contributed by atoms with Crippen molar-refractivity contribution in [2.45, 2.75) is 25.7 Å². The Bertz CT molecular complexity index is 158. The highest BCUT2D eigenvalue weighted by Gasteiger charge is 2.38. The van der Waals surface area contributed by atoms with Crippen LogP contribution in [0.25, 0.3) is 0 Å². The zero-order valence-corrected chi connectivity index (χ0v) is 6.94. The number of rotatable bonds is 1. The quantitative estimate of drug-likeness (QED) is 0.538. The molecule has 0 spiro atoms. The van der Waals surface area contributed by atoms with Crippen molar-refractivity contribution in [2.75, 3.05) is 5.75 Å². The highest BCUT2D eigenvalue weighted by molar-refractivity contribution is 7.80. The first-order valence-corrected chi connectivity index (χ1v) is 3.79. The lowest BCUT2D eigenvalue weighted by Gasteiger charge is -2.13. The summed E-state index contributed by atoms with van der Waals surface area (Å²) in [5, 5.41) is 2.66. The Morgan fingerprint density at radius 3 is 2.60 bits per heavy atom. The predicted octanol–water partition coefficient (Wildman–Crippen LogP) is 0.167. The first kappa shape index (κ1) is 7.88. The summed E-state index contributed by atoms with van der Waals surface area (Å²) in [5.74, 6) is 0.460. The fourth-order valence-corrected chi connectivity index (χ4v) is 1.01. The first-order valence-electron chi connectivity index (χ1n) is 3.16. The summed E-state index contributed by atoms with van der Waals surface area (Å²) in [6.07, 6.45) is -0.217. The van der Waals surface area contributed by atoms with Crippen LogP contribution in [0.1, 0.15) is 13.8 Å². The topological polar surface area (TPSA) is 38.3 Å². The van der Waals surface area contributed by atoms with Crippen molar-refractivity contribution >= 4 is 18.5 Å². The summed E-state index contributed by atoms with van der Waals surface area (Å²) in [7, 11) is 0. The van der Waals surface area contributed by atoms with E-state index in [1.807, 2.05) is 0 Å². The summed E-state index contributed by atoms with van der Waals surface area (Å²) in [4.78, 5) is 11.0. The van der Waals surface area contributed by atoms with Gasteiger partial charge in [-0.05, 0) is 13.8 Å². The number of thiol groups is 1. The number of ether oxygens (including phenoxy) is 1. The Morgan fingerprint density at radius 2 is 2.40 bits per heavy atom.